The van der Waals surface area contributed by atoms with Gasteiger partial charge in [0.25, 0.3) is 0 Å². The molecular weight excluding hydrogens is 249 g/mol. The molecule has 100 valence electrons. The van der Waals surface area contributed by atoms with E-state index in [-0.39, 0.29) is 12.3 Å². The highest BCUT2D eigenvalue weighted by molar-refractivity contribution is 5.93. The molecule has 0 saturated carbocycles. The molecule has 1 aromatic rings. The third kappa shape index (κ3) is 4.25. The van der Waals surface area contributed by atoms with Crippen molar-refractivity contribution in [3.63, 3.8) is 0 Å². The van der Waals surface area contributed by atoms with E-state index < -0.39 is 18.7 Å². The Hall–Kier alpha value is -1.76. The molecular formula is C11H13F3N2O2. The lowest BCUT2D eigenvalue weighted by molar-refractivity contribution is -0.153. The van der Waals surface area contributed by atoms with E-state index in [9.17, 15) is 18.0 Å². The fraction of sp³-hybridized carbons (Fsp3) is 0.364. The molecule has 0 atom stereocenters. The first-order valence-electron chi connectivity index (χ1n) is 5.12. The number of carbonyl (C=O) groups excluding carboxylic acids is 1. The number of nitrogens with one attached hydrogen (secondary N) is 1. The molecule has 4 nitrogen and oxygen atoms in total. The normalized spacial score (nSPS) is 11.2. The van der Waals surface area contributed by atoms with Gasteiger partial charge in [0, 0.05) is 11.3 Å². The van der Waals surface area contributed by atoms with Crippen molar-refractivity contribution in [1.29, 1.82) is 0 Å². The molecule has 18 heavy (non-hydrogen) atoms. The van der Waals surface area contributed by atoms with Crippen LogP contribution >= 0.6 is 0 Å². The summed E-state index contributed by atoms with van der Waals surface area (Å²) in [5.74, 6) is -0.354. The largest absolute Gasteiger partial charge is 0.484 e. The monoisotopic (exact) mass is 262 g/mol. The van der Waals surface area contributed by atoms with Gasteiger partial charge in [-0.15, -0.1) is 0 Å². The van der Waals surface area contributed by atoms with E-state index in [4.69, 9.17) is 5.73 Å². The van der Waals surface area contributed by atoms with Crippen molar-refractivity contribution < 1.29 is 22.7 Å². The minimum absolute atomic E-state index is 0.0714. The van der Waals surface area contributed by atoms with E-state index in [0.29, 0.717) is 11.3 Å². The maximum Gasteiger partial charge on any atom is 0.422 e. The minimum Gasteiger partial charge on any atom is -0.484 e. The van der Waals surface area contributed by atoms with E-state index in [1.807, 2.05) is 0 Å². The van der Waals surface area contributed by atoms with Crippen LogP contribution < -0.4 is 15.8 Å². The Kier molecular flexibility index (Phi) is 4.55. The first-order valence-corrected chi connectivity index (χ1v) is 5.12. The summed E-state index contributed by atoms with van der Waals surface area (Å²) in [7, 11) is 0. The van der Waals surface area contributed by atoms with Gasteiger partial charge < -0.3 is 15.8 Å². The quantitative estimate of drug-likeness (QED) is 0.870. The van der Waals surface area contributed by atoms with Crippen molar-refractivity contribution in [2.24, 2.45) is 5.73 Å². The number of nitrogens with two attached hydrogens (primary N) is 1. The smallest absolute Gasteiger partial charge is 0.422 e. The van der Waals surface area contributed by atoms with E-state index in [1.165, 1.54) is 12.1 Å². The molecule has 0 spiro atoms. The highest BCUT2D eigenvalue weighted by Gasteiger charge is 2.28. The number of halogens is 3. The molecule has 0 aliphatic rings. The number of alkyl halides is 3. The summed E-state index contributed by atoms with van der Waals surface area (Å²) in [6.45, 7) is -0.0208. The molecule has 0 aromatic heterocycles. The molecule has 0 fully saturated rings. The van der Waals surface area contributed by atoms with Gasteiger partial charge in [0.1, 0.15) is 5.75 Å². The van der Waals surface area contributed by atoms with Crippen LogP contribution in [0.3, 0.4) is 0 Å². The third-order valence-corrected chi connectivity index (χ3v) is 2.13. The maximum atomic E-state index is 12.0. The summed E-state index contributed by atoms with van der Waals surface area (Å²) < 4.78 is 40.7. The molecule has 0 saturated heterocycles. The topological polar surface area (TPSA) is 64.4 Å². The van der Waals surface area contributed by atoms with Crippen LogP contribution in [-0.4, -0.2) is 25.2 Å². The fourth-order valence-corrected chi connectivity index (χ4v) is 1.27. The van der Waals surface area contributed by atoms with Crippen molar-refractivity contribution in [1.82, 2.24) is 0 Å². The summed E-state index contributed by atoms with van der Waals surface area (Å²) in [6, 6.07) is 4.45. The highest BCUT2D eigenvalue weighted by atomic mass is 19.4. The molecule has 1 amide bonds. The van der Waals surface area contributed by atoms with Gasteiger partial charge in [-0.05, 0) is 19.1 Å². The molecule has 1 aromatic carbocycles. The second kappa shape index (κ2) is 5.72. The van der Waals surface area contributed by atoms with Crippen molar-refractivity contribution >= 4 is 11.6 Å². The summed E-state index contributed by atoms with van der Waals surface area (Å²) in [4.78, 5) is 11.1. The zero-order valence-electron chi connectivity index (χ0n) is 9.67. The molecule has 0 aliphatic heterocycles. The zero-order chi connectivity index (χ0) is 13.8. The Morgan fingerprint density at radius 1 is 1.44 bits per heavy atom. The van der Waals surface area contributed by atoms with Gasteiger partial charge in [-0.3, -0.25) is 4.79 Å². The van der Waals surface area contributed by atoms with E-state index >= 15 is 0 Å². The predicted octanol–water partition coefficient (Wildman–Crippen LogP) is 1.83. The number of amides is 1. The van der Waals surface area contributed by atoms with Crippen LogP contribution in [0.25, 0.3) is 0 Å². The summed E-state index contributed by atoms with van der Waals surface area (Å²) in [5.41, 5.74) is 5.93. The molecule has 0 unspecified atom stereocenters. The van der Waals surface area contributed by atoms with Crippen molar-refractivity contribution in [2.45, 2.75) is 13.1 Å². The second-order valence-electron chi connectivity index (χ2n) is 3.58. The van der Waals surface area contributed by atoms with Gasteiger partial charge in [-0.1, -0.05) is 6.07 Å². The lowest BCUT2D eigenvalue weighted by Gasteiger charge is -2.14. The predicted molar refractivity (Wildman–Crippen MR) is 60.4 cm³/mol. The van der Waals surface area contributed by atoms with Crippen LogP contribution in [0.5, 0.6) is 5.75 Å². The molecule has 0 bridgehead atoms. The van der Waals surface area contributed by atoms with Gasteiger partial charge in [0.05, 0.1) is 6.54 Å². The molecule has 7 heteroatoms. The number of carbonyl (C=O) groups is 1. The Labute approximate surface area is 102 Å². The van der Waals surface area contributed by atoms with Gasteiger partial charge in [-0.25, -0.2) is 0 Å². The number of hydrogen-bond acceptors (Lipinski definition) is 3. The van der Waals surface area contributed by atoms with E-state index in [1.54, 1.807) is 13.0 Å². The van der Waals surface area contributed by atoms with Gasteiger partial charge in [-0.2, -0.15) is 13.2 Å². The molecule has 0 radical (unpaired) electrons. The lowest BCUT2D eigenvalue weighted by Crippen LogP contribution is -2.23. The van der Waals surface area contributed by atoms with E-state index in [2.05, 4.69) is 10.1 Å². The lowest BCUT2D eigenvalue weighted by atomic mass is 10.2. The van der Waals surface area contributed by atoms with Crippen molar-refractivity contribution in [2.75, 3.05) is 18.5 Å². The summed E-state index contributed by atoms with van der Waals surface area (Å²) in [5, 5.41) is 2.47. The maximum absolute atomic E-state index is 12.0. The van der Waals surface area contributed by atoms with Crippen molar-refractivity contribution in [3.05, 3.63) is 23.8 Å². The van der Waals surface area contributed by atoms with Crippen LogP contribution in [0, 0.1) is 6.92 Å². The first kappa shape index (κ1) is 14.3. The van der Waals surface area contributed by atoms with Crippen LogP contribution in [-0.2, 0) is 4.79 Å². The Balaban J connectivity index is 2.81. The summed E-state index contributed by atoms with van der Waals surface area (Å²) in [6.07, 6.45) is -4.40. The standard InChI is InChI=1S/C11H13F3N2O2/c1-7-8(16-10(17)5-15)3-2-4-9(7)18-6-11(12,13)14/h2-4H,5-6,15H2,1H3,(H,16,17). The second-order valence-corrected chi connectivity index (χ2v) is 3.58. The number of rotatable bonds is 4. The van der Waals surface area contributed by atoms with Crippen molar-refractivity contribution in [3.8, 4) is 5.75 Å². The summed E-state index contributed by atoms with van der Waals surface area (Å²) >= 11 is 0. The van der Waals surface area contributed by atoms with Gasteiger partial charge in [0.2, 0.25) is 5.91 Å². The molecule has 3 N–H and O–H groups in total. The number of anilines is 1. The average molecular weight is 262 g/mol. The SMILES string of the molecule is Cc1c(NC(=O)CN)cccc1OCC(F)(F)F. The fourth-order valence-electron chi connectivity index (χ4n) is 1.27. The zero-order valence-corrected chi connectivity index (χ0v) is 9.67. The number of benzene rings is 1. The minimum atomic E-state index is -4.40. The van der Waals surface area contributed by atoms with Crippen LogP contribution in [0.1, 0.15) is 5.56 Å². The Morgan fingerprint density at radius 2 is 2.11 bits per heavy atom. The third-order valence-electron chi connectivity index (χ3n) is 2.13. The van der Waals surface area contributed by atoms with Crippen LogP contribution in [0.2, 0.25) is 0 Å². The van der Waals surface area contributed by atoms with Crippen LogP contribution in [0.15, 0.2) is 18.2 Å². The Bertz CT molecular complexity index is 433. The number of hydrogen-bond donors (Lipinski definition) is 2. The highest BCUT2D eigenvalue weighted by Crippen LogP contribution is 2.27. The van der Waals surface area contributed by atoms with Gasteiger partial charge in [0.15, 0.2) is 6.61 Å². The van der Waals surface area contributed by atoms with E-state index in [0.717, 1.165) is 0 Å². The molecule has 0 aliphatic carbocycles. The average Bonchev–Trinajstić information content (AvgIpc) is 2.29. The van der Waals surface area contributed by atoms with Gasteiger partial charge >= 0.3 is 6.18 Å². The Morgan fingerprint density at radius 3 is 2.67 bits per heavy atom. The molecule has 0 heterocycles. The molecule has 1 rings (SSSR count). The van der Waals surface area contributed by atoms with Crippen LogP contribution in [0.4, 0.5) is 18.9 Å². The number of ether oxygens (including phenoxy) is 1. The first-order chi connectivity index (χ1) is 8.33.